The second-order valence-electron chi connectivity index (χ2n) is 7.59. The average molecular weight is 474 g/mol. The monoisotopic (exact) mass is 473 g/mol. The minimum absolute atomic E-state index is 0.214. The van der Waals surface area contributed by atoms with Crippen molar-refractivity contribution >= 4 is 23.3 Å². The third-order valence-electron chi connectivity index (χ3n) is 5.03. The predicted molar refractivity (Wildman–Crippen MR) is 131 cm³/mol. The summed E-state index contributed by atoms with van der Waals surface area (Å²) in [7, 11) is 0. The molecular formula is C27H24FN3O4. The molecule has 0 radical (unpaired) electrons. The van der Waals surface area contributed by atoms with Gasteiger partial charge in [-0.2, -0.15) is 0 Å². The molecular weight excluding hydrogens is 449 g/mol. The van der Waals surface area contributed by atoms with Crippen molar-refractivity contribution in [2.75, 3.05) is 23.3 Å². The van der Waals surface area contributed by atoms with Gasteiger partial charge in [-0.15, -0.1) is 0 Å². The molecule has 0 saturated carbocycles. The number of nitrogens with one attached hydrogen (secondary N) is 2. The van der Waals surface area contributed by atoms with Crippen LogP contribution >= 0.6 is 0 Å². The van der Waals surface area contributed by atoms with Crippen molar-refractivity contribution in [3.8, 4) is 11.5 Å². The summed E-state index contributed by atoms with van der Waals surface area (Å²) in [5.41, 5.74) is 1.02. The molecule has 0 aliphatic carbocycles. The molecule has 3 aromatic carbocycles. The predicted octanol–water partition coefficient (Wildman–Crippen LogP) is 6.07. The highest BCUT2D eigenvalue weighted by atomic mass is 19.1. The first-order valence-corrected chi connectivity index (χ1v) is 11.1. The number of carbonyl (C=O) groups excluding carboxylic acids is 2. The van der Waals surface area contributed by atoms with Gasteiger partial charge in [-0.05, 0) is 73.2 Å². The zero-order valence-corrected chi connectivity index (χ0v) is 18.8. The average Bonchev–Trinajstić information content (AvgIpc) is 3.40. The Morgan fingerprint density at radius 2 is 1.66 bits per heavy atom. The molecule has 178 valence electrons. The number of anilines is 2. The smallest absolute Gasteiger partial charge is 0.319 e. The Bertz CT molecular complexity index is 1250. The quantitative estimate of drug-likeness (QED) is 0.289. The van der Waals surface area contributed by atoms with Crippen molar-refractivity contribution < 1.29 is 23.1 Å². The molecule has 1 heterocycles. The summed E-state index contributed by atoms with van der Waals surface area (Å²) in [6.45, 7) is 0.636. The Balaban J connectivity index is 1.37. The molecule has 0 bridgehead atoms. The molecule has 0 saturated heterocycles. The van der Waals surface area contributed by atoms with Crippen LogP contribution < -0.4 is 20.3 Å². The van der Waals surface area contributed by atoms with Gasteiger partial charge in [0.1, 0.15) is 17.3 Å². The van der Waals surface area contributed by atoms with Crippen LogP contribution in [-0.2, 0) is 0 Å². The molecule has 2 N–H and O–H groups in total. The number of rotatable bonds is 9. The minimum atomic E-state index is -0.457. The molecule has 0 aliphatic rings. The molecule has 0 spiro atoms. The Morgan fingerprint density at radius 3 is 2.37 bits per heavy atom. The summed E-state index contributed by atoms with van der Waals surface area (Å²) in [6.07, 6.45) is 1.92. The molecule has 1 aromatic heterocycles. The van der Waals surface area contributed by atoms with Crippen molar-refractivity contribution in [1.29, 1.82) is 0 Å². The van der Waals surface area contributed by atoms with Crippen LogP contribution in [0.25, 0.3) is 0 Å². The van der Waals surface area contributed by atoms with E-state index in [9.17, 15) is 14.0 Å². The van der Waals surface area contributed by atoms with E-state index in [1.165, 1.54) is 24.5 Å². The number of para-hydroxylation sites is 1. The van der Waals surface area contributed by atoms with Crippen LogP contribution in [0.2, 0.25) is 0 Å². The number of nitrogens with zero attached hydrogens (tertiary/aromatic N) is 1. The lowest BCUT2D eigenvalue weighted by molar-refractivity contribution is 0.0960. The standard InChI is InChI=1S/C27H24FN3O4/c28-20-7-4-8-21(19-20)30-27(33)29-16-6-17-31(26(32)25-11-5-18-34-25)22-12-14-24(15-13-22)35-23-9-2-1-3-10-23/h1-5,7-15,18-19H,6,16-17H2,(H2,29,30,33). The largest absolute Gasteiger partial charge is 0.459 e. The van der Waals surface area contributed by atoms with E-state index in [1.54, 1.807) is 47.4 Å². The maximum atomic E-state index is 13.3. The van der Waals surface area contributed by atoms with Crippen LogP contribution in [0.15, 0.2) is 102 Å². The van der Waals surface area contributed by atoms with E-state index in [-0.39, 0.29) is 11.7 Å². The maximum Gasteiger partial charge on any atom is 0.319 e. The van der Waals surface area contributed by atoms with Gasteiger partial charge in [-0.3, -0.25) is 4.79 Å². The molecule has 4 rings (SSSR count). The normalized spacial score (nSPS) is 10.4. The van der Waals surface area contributed by atoms with E-state index in [0.717, 1.165) is 0 Å². The third-order valence-corrected chi connectivity index (χ3v) is 5.03. The number of benzene rings is 3. The molecule has 0 aliphatic heterocycles. The number of hydrogen-bond acceptors (Lipinski definition) is 4. The van der Waals surface area contributed by atoms with Gasteiger partial charge < -0.3 is 24.7 Å². The van der Waals surface area contributed by atoms with E-state index in [1.807, 2.05) is 30.3 Å². The van der Waals surface area contributed by atoms with Gasteiger partial charge in [0.05, 0.1) is 6.26 Å². The number of furan rings is 1. The van der Waals surface area contributed by atoms with Crippen LogP contribution in [0.5, 0.6) is 11.5 Å². The summed E-state index contributed by atoms with van der Waals surface area (Å²) in [4.78, 5) is 26.7. The van der Waals surface area contributed by atoms with Gasteiger partial charge in [0.25, 0.3) is 5.91 Å². The van der Waals surface area contributed by atoms with Gasteiger partial charge in [0, 0.05) is 24.5 Å². The molecule has 8 heteroatoms. The van der Waals surface area contributed by atoms with Crippen LogP contribution in [0.4, 0.5) is 20.6 Å². The van der Waals surface area contributed by atoms with E-state index < -0.39 is 11.8 Å². The SMILES string of the molecule is O=C(NCCCN(C(=O)c1ccco1)c1ccc(Oc2ccccc2)cc1)Nc1cccc(F)c1. The van der Waals surface area contributed by atoms with E-state index in [4.69, 9.17) is 9.15 Å². The van der Waals surface area contributed by atoms with Crippen molar-refractivity contribution in [2.45, 2.75) is 6.42 Å². The summed E-state index contributed by atoms with van der Waals surface area (Å²) in [5.74, 6) is 0.838. The number of halogens is 1. The number of carbonyl (C=O) groups is 2. The molecule has 0 atom stereocenters. The molecule has 3 amide bonds. The maximum absolute atomic E-state index is 13.3. The highest BCUT2D eigenvalue weighted by Crippen LogP contribution is 2.25. The highest BCUT2D eigenvalue weighted by Gasteiger charge is 2.20. The van der Waals surface area contributed by atoms with Gasteiger partial charge in [-0.1, -0.05) is 24.3 Å². The Kier molecular flexibility index (Phi) is 7.75. The lowest BCUT2D eigenvalue weighted by Gasteiger charge is -2.22. The first-order chi connectivity index (χ1) is 17.1. The Morgan fingerprint density at radius 1 is 0.886 bits per heavy atom. The Labute approximate surface area is 202 Å². The van der Waals surface area contributed by atoms with E-state index in [2.05, 4.69) is 10.6 Å². The van der Waals surface area contributed by atoms with Crippen molar-refractivity contribution in [1.82, 2.24) is 5.32 Å². The first-order valence-electron chi connectivity index (χ1n) is 11.1. The highest BCUT2D eigenvalue weighted by molar-refractivity contribution is 6.04. The fraction of sp³-hybridized carbons (Fsp3) is 0.111. The zero-order chi connectivity index (χ0) is 24.5. The summed E-state index contributed by atoms with van der Waals surface area (Å²) in [6, 6.07) is 25.0. The van der Waals surface area contributed by atoms with Gasteiger partial charge >= 0.3 is 6.03 Å². The van der Waals surface area contributed by atoms with Crippen LogP contribution in [-0.4, -0.2) is 25.0 Å². The fourth-order valence-electron chi connectivity index (χ4n) is 3.38. The number of hydrogen-bond donors (Lipinski definition) is 2. The summed E-state index contributed by atoms with van der Waals surface area (Å²) >= 11 is 0. The van der Waals surface area contributed by atoms with Gasteiger partial charge in [-0.25, -0.2) is 9.18 Å². The van der Waals surface area contributed by atoms with Crippen molar-refractivity contribution in [2.24, 2.45) is 0 Å². The molecule has 0 fully saturated rings. The first kappa shape index (κ1) is 23.6. The zero-order valence-electron chi connectivity index (χ0n) is 18.8. The molecule has 35 heavy (non-hydrogen) atoms. The lowest BCUT2D eigenvalue weighted by Crippen LogP contribution is -2.35. The molecule has 4 aromatic rings. The number of amides is 3. The minimum Gasteiger partial charge on any atom is -0.459 e. The second kappa shape index (κ2) is 11.5. The fourth-order valence-corrected chi connectivity index (χ4v) is 3.38. The molecule has 7 nitrogen and oxygen atoms in total. The summed E-state index contributed by atoms with van der Waals surface area (Å²) < 4.78 is 24.4. The van der Waals surface area contributed by atoms with Crippen molar-refractivity contribution in [3.63, 3.8) is 0 Å². The van der Waals surface area contributed by atoms with Crippen LogP contribution in [0, 0.1) is 5.82 Å². The lowest BCUT2D eigenvalue weighted by atomic mass is 10.2. The van der Waals surface area contributed by atoms with Crippen molar-refractivity contribution in [3.05, 3.63) is 109 Å². The number of urea groups is 1. The van der Waals surface area contributed by atoms with E-state index in [0.29, 0.717) is 42.4 Å². The summed E-state index contributed by atoms with van der Waals surface area (Å²) in [5, 5.41) is 5.29. The number of ether oxygens (including phenoxy) is 1. The Hall–Kier alpha value is -4.59. The molecule has 0 unspecified atom stereocenters. The van der Waals surface area contributed by atoms with E-state index >= 15 is 0 Å². The van der Waals surface area contributed by atoms with Crippen LogP contribution in [0.3, 0.4) is 0 Å². The van der Waals surface area contributed by atoms with Crippen LogP contribution in [0.1, 0.15) is 17.0 Å². The third kappa shape index (κ3) is 6.70. The second-order valence-corrected chi connectivity index (χ2v) is 7.59. The topological polar surface area (TPSA) is 83.8 Å². The van der Waals surface area contributed by atoms with Gasteiger partial charge in [0.15, 0.2) is 5.76 Å². The van der Waals surface area contributed by atoms with Gasteiger partial charge in [0.2, 0.25) is 0 Å².